The number of carbonyl (C=O) groups is 2. The van der Waals surface area contributed by atoms with Gasteiger partial charge in [0.2, 0.25) is 0 Å². The third-order valence-corrected chi connectivity index (χ3v) is 6.40. The summed E-state index contributed by atoms with van der Waals surface area (Å²) in [6.07, 6.45) is 0. The SMILES string of the molecule is O=C(Nc1ccc(C(=O)N2CCN(CCOc3ccc(Cl)cc3)CC2)cc1)c1cccs1. The summed E-state index contributed by atoms with van der Waals surface area (Å²) in [5.74, 6) is 0.673. The predicted molar refractivity (Wildman–Crippen MR) is 128 cm³/mol. The van der Waals surface area contributed by atoms with Crippen molar-refractivity contribution in [3.8, 4) is 5.75 Å². The molecule has 2 amide bonds. The quantitative estimate of drug-likeness (QED) is 0.553. The van der Waals surface area contributed by atoms with Gasteiger partial charge in [0.25, 0.3) is 11.8 Å². The van der Waals surface area contributed by atoms with E-state index in [-0.39, 0.29) is 11.8 Å². The normalized spacial score (nSPS) is 14.2. The van der Waals surface area contributed by atoms with Gasteiger partial charge in [-0.2, -0.15) is 0 Å². The van der Waals surface area contributed by atoms with E-state index >= 15 is 0 Å². The molecule has 2 heterocycles. The molecule has 3 aromatic rings. The molecule has 1 N–H and O–H groups in total. The Bertz CT molecular complexity index is 1030. The summed E-state index contributed by atoms with van der Waals surface area (Å²) in [4.78, 5) is 29.8. The number of anilines is 1. The number of hydrogen-bond donors (Lipinski definition) is 1. The van der Waals surface area contributed by atoms with Crippen LogP contribution >= 0.6 is 22.9 Å². The predicted octanol–water partition coefficient (Wildman–Crippen LogP) is 4.49. The highest BCUT2D eigenvalue weighted by atomic mass is 35.5. The van der Waals surface area contributed by atoms with Crippen LogP contribution in [0.25, 0.3) is 0 Å². The van der Waals surface area contributed by atoms with Crippen molar-refractivity contribution in [3.63, 3.8) is 0 Å². The van der Waals surface area contributed by atoms with Gasteiger partial charge in [-0.3, -0.25) is 14.5 Å². The monoisotopic (exact) mass is 469 g/mol. The fraction of sp³-hybridized carbons (Fsp3) is 0.250. The molecule has 166 valence electrons. The van der Waals surface area contributed by atoms with Gasteiger partial charge in [0.15, 0.2) is 0 Å². The highest BCUT2D eigenvalue weighted by Crippen LogP contribution is 2.17. The first-order valence-electron chi connectivity index (χ1n) is 10.4. The van der Waals surface area contributed by atoms with Crippen LogP contribution in [-0.2, 0) is 0 Å². The molecule has 1 aromatic heterocycles. The Morgan fingerprint density at radius 1 is 0.969 bits per heavy atom. The summed E-state index contributed by atoms with van der Waals surface area (Å²) in [6, 6.07) is 18.0. The molecule has 32 heavy (non-hydrogen) atoms. The van der Waals surface area contributed by atoms with Crippen LogP contribution in [0.5, 0.6) is 5.75 Å². The highest BCUT2D eigenvalue weighted by molar-refractivity contribution is 7.12. The van der Waals surface area contributed by atoms with Gasteiger partial charge < -0.3 is 15.0 Å². The lowest BCUT2D eigenvalue weighted by atomic mass is 10.1. The number of amides is 2. The van der Waals surface area contributed by atoms with E-state index in [2.05, 4.69) is 10.2 Å². The minimum absolute atomic E-state index is 0.0122. The van der Waals surface area contributed by atoms with E-state index in [0.717, 1.165) is 25.4 Å². The minimum Gasteiger partial charge on any atom is -0.492 e. The van der Waals surface area contributed by atoms with Gasteiger partial charge in [-0.15, -0.1) is 11.3 Å². The largest absolute Gasteiger partial charge is 0.492 e. The van der Waals surface area contributed by atoms with E-state index in [1.807, 2.05) is 40.6 Å². The lowest BCUT2D eigenvalue weighted by Gasteiger charge is -2.34. The second-order valence-electron chi connectivity index (χ2n) is 7.44. The van der Waals surface area contributed by atoms with Crippen LogP contribution in [0, 0.1) is 0 Å². The van der Waals surface area contributed by atoms with Gasteiger partial charge >= 0.3 is 0 Å². The number of nitrogens with zero attached hydrogens (tertiary/aromatic N) is 2. The van der Waals surface area contributed by atoms with Gasteiger partial charge in [0.1, 0.15) is 12.4 Å². The third-order valence-electron chi connectivity index (χ3n) is 5.28. The van der Waals surface area contributed by atoms with Gasteiger partial charge in [-0.1, -0.05) is 17.7 Å². The highest BCUT2D eigenvalue weighted by Gasteiger charge is 2.22. The molecule has 4 rings (SSSR count). The number of ether oxygens (including phenoxy) is 1. The number of rotatable bonds is 7. The summed E-state index contributed by atoms with van der Waals surface area (Å²) >= 11 is 7.28. The van der Waals surface area contributed by atoms with Crippen molar-refractivity contribution in [2.75, 3.05) is 44.6 Å². The number of thiophene rings is 1. The van der Waals surface area contributed by atoms with Crippen LogP contribution in [-0.4, -0.2) is 60.9 Å². The van der Waals surface area contributed by atoms with Crippen molar-refractivity contribution in [3.05, 3.63) is 81.5 Å². The Morgan fingerprint density at radius 2 is 1.69 bits per heavy atom. The van der Waals surface area contributed by atoms with E-state index in [4.69, 9.17) is 16.3 Å². The second kappa shape index (κ2) is 10.6. The summed E-state index contributed by atoms with van der Waals surface area (Å²) in [5.41, 5.74) is 1.30. The van der Waals surface area contributed by atoms with Crippen molar-refractivity contribution in [1.82, 2.24) is 9.80 Å². The topological polar surface area (TPSA) is 61.9 Å². The van der Waals surface area contributed by atoms with Gasteiger partial charge in [-0.25, -0.2) is 0 Å². The van der Waals surface area contributed by atoms with Crippen molar-refractivity contribution in [2.45, 2.75) is 0 Å². The Kier molecular flexibility index (Phi) is 7.42. The molecule has 0 radical (unpaired) electrons. The Hall–Kier alpha value is -2.87. The maximum absolute atomic E-state index is 12.8. The van der Waals surface area contributed by atoms with E-state index in [1.165, 1.54) is 11.3 Å². The summed E-state index contributed by atoms with van der Waals surface area (Å²) in [7, 11) is 0. The lowest BCUT2D eigenvalue weighted by molar-refractivity contribution is 0.0620. The molecule has 0 aliphatic carbocycles. The second-order valence-corrected chi connectivity index (χ2v) is 8.83. The first-order valence-corrected chi connectivity index (χ1v) is 11.7. The molecule has 0 unspecified atom stereocenters. The molecular formula is C24H24ClN3O3S. The van der Waals surface area contributed by atoms with Gasteiger partial charge in [0.05, 0.1) is 4.88 Å². The molecule has 0 spiro atoms. The van der Waals surface area contributed by atoms with Crippen molar-refractivity contribution in [1.29, 1.82) is 0 Å². The van der Waals surface area contributed by atoms with E-state index in [0.29, 0.717) is 40.8 Å². The first kappa shape index (κ1) is 22.3. The van der Waals surface area contributed by atoms with Crippen LogP contribution < -0.4 is 10.1 Å². The molecule has 0 saturated carbocycles. The minimum atomic E-state index is -0.143. The molecule has 1 aliphatic heterocycles. The molecule has 1 saturated heterocycles. The molecule has 0 atom stereocenters. The van der Waals surface area contributed by atoms with E-state index in [1.54, 1.807) is 30.3 Å². The first-order chi connectivity index (χ1) is 15.6. The van der Waals surface area contributed by atoms with Crippen molar-refractivity contribution >= 4 is 40.4 Å². The van der Waals surface area contributed by atoms with Crippen LogP contribution in [0.2, 0.25) is 5.02 Å². The number of piperazine rings is 1. The van der Waals surface area contributed by atoms with Gasteiger partial charge in [-0.05, 0) is 60.0 Å². The zero-order chi connectivity index (χ0) is 22.3. The molecule has 0 bridgehead atoms. The zero-order valence-corrected chi connectivity index (χ0v) is 19.1. The number of hydrogen-bond acceptors (Lipinski definition) is 5. The smallest absolute Gasteiger partial charge is 0.265 e. The number of halogens is 1. The van der Waals surface area contributed by atoms with Gasteiger partial charge in [0, 0.05) is 49.0 Å². The molecule has 2 aromatic carbocycles. The van der Waals surface area contributed by atoms with Crippen molar-refractivity contribution in [2.24, 2.45) is 0 Å². The summed E-state index contributed by atoms with van der Waals surface area (Å²) in [5, 5.41) is 5.41. The van der Waals surface area contributed by atoms with Crippen molar-refractivity contribution < 1.29 is 14.3 Å². The molecular weight excluding hydrogens is 446 g/mol. The summed E-state index contributed by atoms with van der Waals surface area (Å²) in [6.45, 7) is 4.38. The molecule has 8 heteroatoms. The number of benzene rings is 2. The summed E-state index contributed by atoms with van der Waals surface area (Å²) < 4.78 is 5.76. The van der Waals surface area contributed by atoms with Crippen LogP contribution in [0.1, 0.15) is 20.0 Å². The fourth-order valence-corrected chi connectivity index (χ4v) is 4.22. The maximum Gasteiger partial charge on any atom is 0.265 e. The fourth-order valence-electron chi connectivity index (χ4n) is 3.48. The van der Waals surface area contributed by atoms with Crippen LogP contribution in [0.3, 0.4) is 0 Å². The molecule has 1 aliphatic rings. The molecule has 1 fully saturated rings. The number of carbonyl (C=O) groups excluding carboxylic acids is 2. The van der Waals surface area contributed by atoms with Crippen LogP contribution in [0.4, 0.5) is 5.69 Å². The average molecular weight is 470 g/mol. The Labute approximate surface area is 196 Å². The lowest BCUT2D eigenvalue weighted by Crippen LogP contribution is -2.49. The van der Waals surface area contributed by atoms with E-state index in [9.17, 15) is 9.59 Å². The van der Waals surface area contributed by atoms with E-state index < -0.39 is 0 Å². The average Bonchev–Trinajstić information content (AvgIpc) is 3.36. The zero-order valence-electron chi connectivity index (χ0n) is 17.5. The third kappa shape index (κ3) is 5.88. The number of nitrogens with one attached hydrogen (secondary N) is 1. The molecule has 6 nitrogen and oxygen atoms in total. The Morgan fingerprint density at radius 3 is 2.34 bits per heavy atom. The Balaban J connectivity index is 1.21. The van der Waals surface area contributed by atoms with Crippen LogP contribution in [0.15, 0.2) is 66.0 Å². The maximum atomic E-state index is 12.8. The standard InChI is InChI=1S/C24H24ClN3O3S/c25-19-5-9-21(10-6-19)31-16-15-27-11-13-28(14-12-27)24(30)18-3-7-20(8-4-18)26-23(29)22-2-1-17-32-22/h1-10,17H,11-16H2,(H,26,29).